The van der Waals surface area contributed by atoms with Crippen LogP contribution in [0.5, 0.6) is 11.5 Å². The van der Waals surface area contributed by atoms with Crippen LogP contribution in [-0.4, -0.2) is 19.3 Å². The van der Waals surface area contributed by atoms with Crippen LogP contribution < -0.4 is 15.2 Å². The van der Waals surface area contributed by atoms with E-state index < -0.39 is 0 Å². The van der Waals surface area contributed by atoms with Crippen molar-refractivity contribution in [3.63, 3.8) is 0 Å². The van der Waals surface area contributed by atoms with Crippen LogP contribution in [0, 0.1) is 0 Å². The molecule has 1 atom stereocenters. The normalized spacial score (nSPS) is 12.2. The quantitative estimate of drug-likeness (QED) is 0.660. The van der Waals surface area contributed by atoms with Crippen LogP contribution in [0.3, 0.4) is 0 Å². The maximum absolute atomic E-state index is 5.93. The van der Waals surface area contributed by atoms with E-state index in [-0.39, 0.29) is 6.04 Å². The maximum atomic E-state index is 5.93. The van der Waals surface area contributed by atoms with E-state index in [2.05, 4.69) is 19.9 Å². The molecule has 0 aliphatic heterocycles. The average molecular weight is 279 g/mol. The van der Waals surface area contributed by atoms with Gasteiger partial charge >= 0.3 is 0 Å². The Balaban J connectivity index is 2.71. The van der Waals surface area contributed by atoms with Gasteiger partial charge in [-0.3, -0.25) is 0 Å². The molecular weight excluding hydrogens is 250 g/mol. The molecule has 0 saturated heterocycles. The Morgan fingerprint density at radius 1 is 1.05 bits per heavy atom. The Kier molecular flexibility index (Phi) is 8.12. The third-order valence-corrected chi connectivity index (χ3v) is 3.06. The number of nitrogens with two attached hydrogens (primary N) is 1. The van der Waals surface area contributed by atoms with Crippen molar-refractivity contribution >= 4 is 0 Å². The summed E-state index contributed by atoms with van der Waals surface area (Å²) >= 11 is 0. The molecule has 1 rings (SSSR count). The monoisotopic (exact) mass is 279 g/mol. The fourth-order valence-corrected chi connectivity index (χ4v) is 2.03. The molecule has 0 heterocycles. The van der Waals surface area contributed by atoms with Gasteiger partial charge < -0.3 is 15.2 Å². The van der Waals surface area contributed by atoms with Gasteiger partial charge in [-0.2, -0.15) is 0 Å². The van der Waals surface area contributed by atoms with Crippen LogP contribution in [0.25, 0.3) is 0 Å². The van der Waals surface area contributed by atoms with E-state index in [1.54, 1.807) is 0 Å². The van der Waals surface area contributed by atoms with Crippen molar-refractivity contribution in [1.29, 1.82) is 0 Å². The lowest BCUT2D eigenvalue weighted by Crippen LogP contribution is -2.18. The Morgan fingerprint density at radius 3 is 2.50 bits per heavy atom. The minimum Gasteiger partial charge on any atom is -0.493 e. The summed E-state index contributed by atoms with van der Waals surface area (Å²) in [4.78, 5) is 0. The van der Waals surface area contributed by atoms with Gasteiger partial charge in [-0.25, -0.2) is 0 Å². The van der Waals surface area contributed by atoms with Crippen LogP contribution in [0.4, 0.5) is 0 Å². The average Bonchev–Trinajstić information content (AvgIpc) is 2.43. The number of unbranched alkanes of at least 4 members (excludes halogenated alkanes) is 2. The fraction of sp³-hybridized carbons (Fsp3) is 0.647. The first-order valence-corrected chi connectivity index (χ1v) is 7.81. The first-order valence-electron chi connectivity index (χ1n) is 7.81. The van der Waals surface area contributed by atoms with E-state index in [1.807, 2.05) is 19.1 Å². The number of hydrogen-bond donors (Lipinski definition) is 1. The SMILES string of the molecule is CCCCCOc1cc(OCCC)ccc1CC(C)N. The zero-order chi connectivity index (χ0) is 14.8. The summed E-state index contributed by atoms with van der Waals surface area (Å²) in [6.07, 6.45) is 5.34. The molecule has 1 aromatic carbocycles. The predicted molar refractivity (Wildman–Crippen MR) is 84.6 cm³/mol. The van der Waals surface area contributed by atoms with Crippen LogP contribution in [-0.2, 0) is 6.42 Å². The fourth-order valence-electron chi connectivity index (χ4n) is 2.03. The van der Waals surface area contributed by atoms with Gasteiger partial charge in [0.15, 0.2) is 0 Å². The van der Waals surface area contributed by atoms with Gasteiger partial charge in [0.2, 0.25) is 0 Å². The van der Waals surface area contributed by atoms with Crippen molar-refractivity contribution in [3.05, 3.63) is 23.8 Å². The first kappa shape index (κ1) is 16.8. The van der Waals surface area contributed by atoms with Crippen molar-refractivity contribution < 1.29 is 9.47 Å². The molecule has 0 radical (unpaired) electrons. The molecule has 0 aliphatic rings. The highest BCUT2D eigenvalue weighted by atomic mass is 16.5. The molecule has 20 heavy (non-hydrogen) atoms. The maximum Gasteiger partial charge on any atom is 0.126 e. The smallest absolute Gasteiger partial charge is 0.126 e. The van der Waals surface area contributed by atoms with E-state index in [0.717, 1.165) is 44.0 Å². The zero-order valence-corrected chi connectivity index (χ0v) is 13.2. The van der Waals surface area contributed by atoms with Gasteiger partial charge in [-0.15, -0.1) is 0 Å². The third-order valence-electron chi connectivity index (χ3n) is 3.06. The molecule has 2 N–H and O–H groups in total. The van der Waals surface area contributed by atoms with E-state index in [0.29, 0.717) is 0 Å². The molecular formula is C17H29NO2. The van der Waals surface area contributed by atoms with E-state index in [4.69, 9.17) is 15.2 Å². The van der Waals surface area contributed by atoms with Gasteiger partial charge in [0.05, 0.1) is 13.2 Å². The van der Waals surface area contributed by atoms with Crippen molar-refractivity contribution in [3.8, 4) is 11.5 Å². The molecule has 0 aromatic heterocycles. The van der Waals surface area contributed by atoms with E-state index in [9.17, 15) is 0 Å². The second kappa shape index (κ2) is 9.65. The second-order valence-electron chi connectivity index (χ2n) is 5.35. The highest BCUT2D eigenvalue weighted by Gasteiger charge is 2.08. The summed E-state index contributed by atoms with van der Waals surface area (Å²) < 4.78 is 11.6. The highest BCUT2D eigenvalue weighted by Crippen LogP contribution is 2.26. The summed E-state index contributed by atoms with van der Waals surface area (Å²) in [6, 6.07) is 6.21. The van der Waals surface area contributed by atoms with Gasteiger partial charge in [-0.1, -0.05) is 32.8 Å². The van der Waals surface area contributed by atoms with Gasteiger partial charge in [-0.05, 0) is 37.8 Å². The molecule has 0 bridgehead atoms. The number of rotatable bonds is 10. The van der Waals surface area contributed by atoms with Crippen LogP contribution in [0.1, 0.15) is 52.0 Å². The Labute approximate surface area is 123 Å². The lowest BCUT2D eigenvalue weighted by Gasteiger charge is -2.15. The largest absolute Gasteiger partial charge is 0.493 e. The van der Waals surface area contributed by atoms with Crippen LogP contribution >= 0.6 is 0 Å². The number of hydrogen-bond acceptors (Lipinski definition) is 3. The molecule has 0 aliphatic carbocycles. The molecule has 0 spiro atoms. The Bertz CT molecular complexity index is 377. The number of ether oxygens (including phenoxy) is 2. The van der Waals surface area contributed by atoms with Crippen LogP contribution in [0.15, 0.2) is 18.2 Å². The minimum absolute atomic E-state index is 0.135. The van der Waals surface area contributed by atoms with E-state index in [1.165, 1.54) is 18.4 Å². The summed E-state index contributed by atoms with van der Waals surface area (Å²) in [5.41, 5.74) is 7.07. The molecule has 114 valence electrons. The number of benzene rings is 1. The molecule has 3 heteroatoms. The third kappa shape index (κ3) is 6.29. The van der Waals surface area contributed by atoms with Gasteiger partial charge in [0.1, 0.15) is 11.5 Å². The molecule has 1 unspecified atom stereocenters. The van der Waals surface area contributed by atoms with Crippen molar-refractivity contribution in [2.45, 2.75) is 58.9 Å². The lowest BCUT2D eigenvalue weighted by atomic mass is 10.1. The topological polar surface area (TPSA) is 44.5 Å². The molecule has 0 fully saturated rings. The standard InChI is InChI=1S/C17H29NO2/c1-4-6-7-11-20-17-13-16(19-10-5-2)9-8-15(17)12-14(3)18/h8-9,13-14H,4-7,10-12,18H2,1-3H3. The van der Waals surface area contributed by atoms with Crippen molar-refractivity contribution in [2.75, 3.05) is 13.2 Å². The Hall–Kier alpha value is -1.22. The van der Waals surface area contributed by atoms with Gasteiger partial charge in [0.25, 0.3) is 0 Å². The second-order valence-corrected chi connectivity index (χ2v) is 5.35. The van der Waals surface area contributed by atoms with Crippen molar-refractivity contribution in [1.82, 2.24) is 0 Å². The van der Waals surface area contributed by atoms with Crippen molar-refractivity contribution in [2.24, 2.45) is 5.73 Å². The molecule has 0 amide bonds. The summed E-state index contributed by atoms with van der Waals surface area (Å²) in [7, 11) is 0. The lowest BCUT2D eigenvalue weighted by molar-refractivity contribution is 0.292. The zero-order valence-electron chi connectivity index (χ0n) is 13.2. The molecule has 0 saturated carbocycles. The highest BCUT2D eigenvalue weighted by molar-refractivity contribution is 5.41. The molecule has 1 aromatic rings. The first-order chi connectivity index (χ1) is 9.67. The minimum atomic E-state index is 0.135. The predicted octanol–water partition coefficient (Wildman–Crippen LogP) is 3.93. The summed E-state index contributed by atoms with van der Waals surface area (Å²) in [5, 5.41) is 0. The summed E-state index contributed by atoms with van der Waals surface area (Å²) in [5.74, 6) is 1.80. The van der Waals surface area contributed by atoms with E-state index >= 15 is 0 Å². The Morgan fingerprint density at radius 2 is 1.85 bits per heavy atom. The van der Waals surface area contributed by atoms with Crippen LogP contribution in [0.2, 0.25) is 0 Å². The summed E-state index contributed by atoms with van der Waals surface area (Å²) in [6.45, 7) is 7.81. The van der Waals surface area contributed by atoms with Gasteiger partial charge in [0, 0.05) is 12.1 Å². The molecule has 3 nitrogen and oxygen atoms in total.